The molecule has 1 atom stereocenters. The zero-order valence-corrected chi connectivity index (χ0v) is 13.7. The van der Waals surface area contributed by atoms with Gasteiger partial charge in [-0.05, 0) is 43.0 Å². The van der Waals surface area contributed by atoms with Crippen LogP contribution in [0.1, 0.15) is 51.5 Å². The molecule has 0 saturated heterocycles. The average Bonchev–Trinajstić information content (AvgIpc) is 2.41. The Kier molecular flexibility index (Phi) is 8.15. The minimum atomic E-state index is 0.219. The topological polar surface area (TPSA) is 35.2 Å². The van der Waals surface area contributed by atoms with Gasteiger partial charge >= 0.3 is 0 Å². The van der Waals surface area contributed by atoms with Gasteiger partial charge in [-0.15, -0.1) is 0 Å². The van der Waals surface area contributed by atoms with Crippen LogP contribution in [-0.4, -0.2) is 12.6 Å². The van der Waals surface area contributed by atoms with E-state index in [2.05, 4.69) is 41.9 Å². The average molecular weight is 328 g/mol. The van der Waals surface area contributed by atoms with E-state index in [4.69, 9.17) is 10.5 Å². The van der Waals surface area contributed by atoms with Gasteiger partial charge in [0.05, 0.1) is 6.61 Å². The first-order valence-corrected chi connectivity index (χ1v) is 8.13. The second kappa shape index (κ2) is 9.38. The Bertz CT molecular complexity index is 368. The van der Waals surface area contributed by atoms with Gasteiger partial charge in [0.1, 0.15) is 5.75 Å². The lowest BCUT2D eigenvalue weighted by molar-refractivity contribution is 0.304. The minimum absolute atomic E-state index is 0.219. The van der Waals surface area contributed by atoms with Crippen molar-refractivity contribution in [3.8, 4) is 5.75 Å². The van der Waals surface area contributed by atoms with Crippen molar-refractivity contribution in [2.75, 3.05) is 6.61 Å². The predicted octanol–water partition coefficient (Wildman–Crippen LogP) is 4.69. The molecule has 1 aromatic rings. The highest BCUT2D eigenvalue weighted by molar-refractivity contribution is 9.10. The summed E-state index contributed by atoms with van der Waals surface area (Å²) in [5, 5.41) is 0. The zero-order chi connectivity index (χ0) is 14.1. The molecule has 0 radical (unpaired) electrons. The molecule has 3 heteroatoms. The van der Waals surface area contributed by atoms with Crippen molar-refractivity contribution in [2.24, 2.45) is 5.73 Å². The monoisotopic (exact) mass is 327 g/mol. The highest BCUT2D eigenvalue weighted by Crippen LogP contribution is 2.24. The number of benzene rings is 1. The lowest BCUT2D eigenvalue weighted by atomic mass is 10.0. The zero-order valence-electron chi connectivity index (χ0n) is 12.1. The van der Waals surface area contributed by atoms with E-state index in [1.165, 1.54) is 24.8 Å². The van der Waals surface area contributed by atoms with Crippen LogP contribution in [-0.2, 0) is 6.42 Å². The molecular formula is C16H26BrNO. The molecule has 19 heavy (non-hydrogen) atoms. The first kappa shape index (κ1) is 16.5. The maximum Gasteiger partial charge on any atom is 0.119 e. The standard InChI is InChI=1S/C16H26BrNO/c1-3-5-6-7-10-19-15-8-9-16(17)13(12-15)11-14(18)4-2/h8-9,12,14H,3-7,10-11,18H2,1-2H3. The predicted molar refractivity (Wildman–Crippen MR) is 85.7 cm³/mol. The second-order valence-corrected chi connectivity index (χ2v) is 5.89. The summed E-state index contributed by atoms with van der Waals surface area (Å²) in [6.07, 6.45) is 6.82. The lowest BCUT2D eigenvalue weighted by Gasteiger charge is -2.13. The summed E-state index contributed by atoms with van der Waals surface area (Å²) in [5.41, 5.74) is 7.25. The molecule has 0 fully saturated rings. The molecule has 0 saturated carbocycles. The Morgan fingerprint density at radius 1 is 1.21 bits per heavy atom. The van der Waals surface area contributed by atoms with Crippen LogP contribution in [0.15, 0.2) is 22.7 Å². The van der Waals surface area contributed by atoms with Gasteiger partial charge in [-0.1, -0.05) is 49.0 Å². The fourth-order valence-corrected chi connectivity index (χ4v) is 2.35. The smallest absolute Gasteiger partial charge is 0.119 e. The molecule has 0 aromatic heterocycles. The first-order valence-electron chi connectivity index (χ1n) is 7.34. The van der Waals surface area contributed by atoms with E-state index in [0.717, 1.165) is 36.1 Å². The summed E-state index contributed by atoms with van der Waals surface area (Å²) in [7, 11) is 0. The van der Waals surface area contributed by atoms with Crippen molar-refractivity contribution in [1.29, 1.82) is 0 Å². The SMILES string of the molecule is CCCCCCOc1ccc(Br)c(CC(N)CC)c1. The number of hydrogen-bond donors (Lipinski definition) is 1. The number of halogens is 1. The summed E-state index contributed by atoms with van der Waals surface area (Å²) < 4.78 is 6.92. The minimum Gasteiger partial charge on any atom is -0.494 e. The van der Waals surface area contributed by atoms with Gasteiger partial charge in [0.15, 0.2) is 0 Å². The van der Waals surface area contributed by atoms with Crippen LogP contribution in [0.5, 0.6) is 5.75 Å². The Morgan fingerprint density at radius 3 is 2.68 bits per heavy atom. The van der Waals surface area contributed by atoms with Gasteiger partial charge in [0, 0.05) is 10.5 Å². The van der Waals surface area contributed by atoms with Gasteiger partial charge in [0.25, 0.3) is 0 Å². The molecule has 108 valence electrons. The summed E-state index contributed by atoms with van der Waals surface area (Å²) >= 11 is 3.58. The van der Waals surface area contributed by atoms with Crippen LogP contribution in [0, 0.1) is 0 Å². The van der Waals surface area contributed by atoms with E-state index in [-0.39, 0.29) is 6.04 Å². The van der Waals surface area contributed by atoms with Gasteiger partial charge in [-0.3, -0.25) is 0 Å². The fraction of sp³-hybridized carbons (Fsp3) is 0.625. The maximum atomic E-state index is 6.02. The quantitative estimate of drug-likeness (QED) is 0.668. The largest absolute Gasteiger partial charge is 0.494 e. The first-order chi connectivity index (χ1) is 9.17. The number of nitrogens with two attached hydrogens (primary N) is 1. The highest BCUT2D eigenvalue weighted by Gasteiger charge is 2.07. The Hall–Kier alpha value is -0.540. The number of hydrogen-bond acceptors (Lipinski definition) is 2. The van der Waals surface area contributed by atoms with Crippen LogP contribution >= 0.6 is 15.9 Å². The van der Waals surface area contributed by atoms with Crippen molar-refractivity contribution < 1.29 is 4.74 Å². The Labute approximate surface area is 125 Å². The second-order valence-electron chi connectivity index (χ2n) is 5.03. The van der Waals surface area contributed by atoms with Crippen molar-refractivity contribution in [3.63, 3.8) is 0 Å². The van der Waals surface area contributed by atoms with Crippen molar-refractivity contribution >= 4 is 15.9 Å². The van der Waals surface area contributed by atoms with Crippen molar-refractivity contribution in [1.82, 2.24) is 0 Å². The molecule has 2 nitrogen and oxygen atoms in total. The van der Waals surface area contributed by atoms with Gasteiger partial charge in [0.2, 0.25) is 0 Å². The third-order valence-electron chi connectivity index (χ3n) is 3.29. The molecule has 0 amide bonds. The van der Waals surface area contributed by atoms with Crippen LogP contribution in [0.25, 0.3) is 0 Å². The van der Waals surface area contributed by atoms with Gasteiger partial charge in [-0.2, -0.15) is 0 Å². The van der Waals surface area contributed by atoms with E-state index in [1.807, 2.05) is 6.07 Å². The third kappa shape index (κ3) is 6.44. The molecule has 2 N–H and O–H groups in total. The molecule has 0 aliphatic carbocycles. The van der Waals surface area contributed by atoms with Gasteiger partial charge in [-0.25, -0.2) is 0 Å². The summed E-state index contributed by atoms with van der Waals surface area (Å²) in [6.45, 7) is 5.15. The van der Waals surface area contributed by atoms with Crippen molar-refractivity contribution in [3.05, 3.63) is 28.2 Å². The van der Waals surface area contributed by atoms with E-state index in [9.17, 15) is 0 Å². The van der Waals surface area contributed by atoms with Gasteiger partial charge < -0.3 is 10.5 Å². The van der Waals surface area contributed by atoms with Crippen LogP contribution < -0.4 is 10.5 Å². The molecule has 1 rings (SSSR count). The molecular weight excluding hydrogens is 302 g/mol. The molecule has 0 spiro atoms. The normalized spacial score (nSPS) is 12.4. The number of rotatable bonds is 9. The summed E-state index contributed by atoms with van der Waals surface area (Å²) in [5.74, 6) is 0.956. The maximum absolute atomic E-state index is 6.02. The molecule has 1 unspecified atom stereocenters. The lowest BCUT2D eigenvalue weighted by Crippen LogP contribution is -2.21. The Balaban J connectivity index is 2.48. The van der Waals surface area contributed by atoms with Crippen LogP contribution in [0.2, 0.25) is 0 Å². The molecule has 0 aliphatic rings. The van der Waals surface area contributed by atoms with E-state index in [0.29, 0.717) is 0 Å². The highest BCUT2D eigenvalue weighted by atomic mass is 79.9. The fourth-order valence-electron chi connectivity index (χ4n) is 1.94. The van der Waals surface area contributed by atoms with E-state index in [1.54, 1.807) is 0 Å². The van der Waals surface area contributed by atoms with E-state index >= 15 is 0 Å². The van der Waals surface area contributed by atoms with Crippen LogP contribution in [0.3, 0.4) is 0 Å². The molecule has 0 heterocycles. The summed E-state index contributed by atoms with van der Waals surface area (Å²) in [6, 6.07) is 6.40. The van der Waals surface area contributed by atoms with E-state index < -0.39 is 0 Å². The molecule has 0 bridgehead atoms. The number of ether oxygens (including phenoxy) is 1. The third-order valence-corrected chi connectivity index (χ3v) is 4.06. The molecule has 1 aromatic carbocycles. The Morgan fingerprint density at radius 2 is 2.00 bits per heavy atom. The molecule has 0 aliphatic heterocycles. The van der Waals surface area contributed by atoms with Crippen molar-refractivity contribution in [2.45, 2.75) is 58.4 Å². The van der Waals surface area contributed by atoms with Crippen LogP contribution in [0.4, 0.5) is 0 Å². The summed E-state index contributed by atoms with van der Waals surface area (Å²) in [4.78, 5) is 0. The number of unbranched alkanes of at least 4 members (excludes halogenated alkanes) is 3.